The lowest BCUT2D eigenvalue weighted by Gasteiger charge is -2.35. The lowest BCUT2D eigenvalue weighted by molar-refractivity contribution is 0.0200. The molecule has 1 aliphatic heterocycles. The summed E-state index contributed by atoms with van der Waals surface area (Å²) in [7, 11) is 0. The van der Waals surface area contributed by atoms with Crippen molar-refractivity contribution in [2.24, 2.45) is 34.6 Å². The van der Waals surface area contributed by atoms with Crippen LogP contribution < -0.4 is 5.73 Å². The highest BCUT2D eigenvalue weighted by molar-refractivity contribution is 5.32. The Balaban J connectivity index is 1.84. The number of hydrogen-bond acceptors (Lipinski definition) is 5. The van der Waals surface area contributed by atoms with Crippen molar-refractivity contribution in [1.29, 1.82) is 0 Å². The van der Waals surface area contributed by atoms with Crippen LogP contribution in [-0.4, -0.2) is 19.7 Å². The van der Waals surface area contributed by atoms with E-state index in [2.05, 4.69) is 43.9 Å². The molecule has 0 saturated carbocycles. The first-order valence-electron chi connectivity index (χ1n) is 8.84. The Morgan fingerprint density at radius 1 is 1.42 bits per heavy atom. The fourth-order valence-electron chi connectivity index (χ4n) is 4.08. The normalized spacial score (nSPS) is 31.5. The van der Waals surface area contributed by atoms with Gasteiger partial charge in [0, 0.05) is 19.1 Å². The van der Waals surface area contributed by atoms with Gasteiger partial charge >= 0.3 is 0 Å². The first kappa shape index (κ1) is 17.1. The van der Waals surface area contributed by atoms with Crippen LogP contribution in [0.5, 0.6) is 0 Å². The molecule has 0 fully saturated rings. The zero-order chi connectivity index (χ0) is 17.1. The van der Waals surface area contributed by atoms with E-state index in [0.717, 1.165) is 30.8 Å². The summed E-state index contributed by atoms with van der Waals surface area (Å²) in [5.41, 5.74) is 7.59. The summed E-state index contributed by atoms with van der Waals surface area (Å²) in [5.74, 6) is 3.42. The molecule has 0 radical (unpaired) electrons. The van der Waals surface area contributed by atoms with E-state index in [9.17, 15) is 0 Å². The zero-order valence-corrected chi connectivity index (χ0v) is 14.6. The number of oxime groups is 1. The minimum Gasteiger partial charge on any atom is -0.458 e. The summed E-state index contributed by atoms with van der Waals surface area (Å²) in [6.07, 6.45) is 10.4. The molecule has 5 heteroatoms. The Kier molecular flexibility index (Phi) is 5.29. The monoisotopic (exact) mass is 332 g/mol. The van der Waals surface area contributed by atoms with E-state index in [1.165, 1.54) is 12.0 Å². The van der Waals surface area contributed by atoms with Crippen LogP contribution in [0, 0.1) is 23.7 Å². The first-order chi connectivity index (χ1) is 11.6. The highest BCUT2D eigenvalue weighted by Gasteiger charge is 2.35. The molecular formula is C19H28N2O3. The Morgan fingerprint density at radius 2 is 2.25 bits per heavy atom. The molecule has 0 saturated heterocycles. The summed E-state index contributed by atoms with van der Waals surface area (Å²) in [6.45, 7) is 8.23. The Morgan fingerprint density at radius 3 is 3.00 bits per heavy atom. The summed E-state index contributed by atoms with van der Waals surface area (Å²) in [6, 6.07) is 0. The predicted octanol–water partition coefficient (Wildman–Crippen LogP) is 3.69. The molecule has 0 bridgehead atoms. The van der Waals surface area contributed by atoms with Gasteiger partial charge in [-0.1, -0.05) is 31.6 Å². The predicted molar refractivity (Wildman–Crippen MR) is 93.7 cm³/mol. The van der Waals surface area contributed by atoms with Gasteiger partial charge in [0.25, 0.3) is 0 Å². The second kappa shape index (κ2) is 7.43. The quantitative estimate of drug-likeness (QED) is 0.349. The van der Waals surface area contributed by atoms with Crippen LogP contribution in [0.2, 0.25) is 0 Å². The highest BCUT2D eigenvalue weighted by Crippen LogP contribution is 2.41. The molecule has 24 heavy (non-hydrogen) atoms. The van der Waals surface area contributed by atoms with E-state index in [4.69, 9.17) is 20.0 Å². The molecule has 2 aliphatic carbocycles. The van der Waals surface area contributed by atoms with Crippen molar-refractivity contribution >= 4 is 6.72 Å². The molecule has 132 valence electrons. The van der Waals surface area contributed by atoms with Crippen LogP contribution >= 0.6 is 0 Å². The molecule has 1 heterocycles. The number of ether oxygens (including phenoxy) is 2. The van der Waals surface area contributed by atoms with Gasteiger partial charge in [0.15, 0.2) is 12.0 Å². The smallest absolute Gasteiger partial charge is 0.230 e. The van der Waals surface area contributed by atoms with E-state index in [1.54, 1.807) is 0 Å². The van der Waals surface area contributed by atoms with Crippen LogP contribution in [0.25, 0.3) is 0 Å². The van der Waals surface area contributed by atoms with Crippen LogP contribution in [0.4, 0.5) is 0 Å². The first-order valence-corrected chi connectivity index (χ1v) is 8.84. The van der Waals surface area contributed by atoms with Gasteiger partial charge in [-0.25, -0.2) is 0 Å². The van der Waals surface area contributed by atoms with E-state index in [0.29, 0.717) is 24.5 Å². The molecule has 0 aromatic heterocycles. The maximum atomic E-state index is 6.32. The lowest BCUT2D eigenvalue weighted by atomic mass is 9.73. The maximum absolute atomic E-state index is 6.32. The largest absolute Gasteiger partial charge is 0.458 e. The van der Waals surface area contributed by atoms with Gasteiger partial charge in [0.1, 0.15) is 5.76 Å². The summed E-state index contributed by atoms with van der Waals surface area (Å²) in [5, 5.41) is 3.57. The third-order valence-electron chi connectivity index (χ3n) is 5.55. The molecule has 5 unspecified atom stereocenters. The average Bonchev–Trinajstić information content (AvgIpc) is 3.01. The Bertz CT molecular complexity index is 567. The van der Waals surface area contributed by atoms with Crippen molar-refractivity contribution in [1.82, 2.24) is 0 Å². The third-order valence-corrected chi connectivity index (χ3v) is 5.55. The van der Waals surface area contributed by atoms with Crippen LogP contribution in [0.3, 0.4) is 0 Å². The fourth-order valence-corrected chi connectivity index (χ4v) is 4.08. The van der Waals surface area contributed by atoms with Gasteiger partial charge in [-0.3, -0.25) is 5.73 Å². The molecule has 5 atom stereocenters. The summed E-state index contributed by atoms with van der Waals surface area (Å²) >= 11 is 0. The fraction of sp³-hybridized carbons (Fsp3) is 0.632. The van der Waals surface area contributed by atoms with Crippen molar-refractivity contribution in [2.75, 3.05) is 6.79 Å². The van der Waals surface area contributed by atoms with Crippen LogP contribution in [0.1, 0.15) is 39.5 Å². The Labute approximate surface area is 144 Å². The molecular weight excluding hydrogens is 304 g/mol. The third kappa shape index (κ3) is 3.51. The van der Waals surface area contributed by atoms with E-state index in [1.807, 2.05) is 0 Å². The standard InChI is InChI=1S/C19H28N2O3/c1-12-6-4-5-7-14(12)9-16(19(20)24-21-3)15-10-18-17(8-13(15)2)22-11-23-18/h4,6,10,12-14,16,19H,3,5,7-9,11,20H2,1-2H3. The number of nitrogens with two attached hydrogens (primary N) is 1. The van der Waals surface area contributed by atoms with Crippen molar-refractivity contribution in [3.63, 3.8) is 0 Å². The van der Waals surface area contributed by atoms with Gasteiger partial charge in [-0.05, 0) is 43.1 Å². The molecule has 0 amide bonds. The molecule has 0 aromatic rings. The molecule has 0 aromatic carbocycles. The molecule has 3 aliphatic rings. The van der Waals surface area contributed by atoms with Crippen molar-refractivity contribution in [2.45, 2.75) is 45.8 Å². The second-order valence-corrected chi connectivity index (χ2v) is 7.11. The van der Waals surface area contributed by atoms with Crippen molar-refractivity contribution < 1.29 is 14.3 Å². The number of nitrogens with zero attached hydrogens (tertiary/aromatic N) is 1. The Hall–Kier alpha value is -1.75. The summed E-state index contributed by atoms with van der Waals surface area (Å²) in [4.78, 5) is 5.34. The summed E-state index contributed by atoms with van der Waals surface area (Å²) < 4.78 is 11.1. The minimum absolute atomic E-state index is 0.0997. The molecule has 5 nitrogen and oxygen atoms in total. The van der Waals surface area contributed by atoms with Gasteiger partial charge in [-0.15, -0.1) is 5.16 Å². The zero-order valence-electron chi connectivity index (χ0n) is 14.6. The highest BCUT2D eigenvalue weighted by atomic mass is 16.7. The SMILES string of the molecule is C=NOC(N)C(CC1CCC=CC1C)C1=CC2=C(CC1C)OCO2. The molecule has 0 spiro atoms. The van der Waals surface area contributed by atoms with Gasteiger partial charge in [0.2, 0.25) is 6.79 Å². The van der Waals surface area contributed by atoms with Gasteiger partial charge in [-0.2, -0.15) is 0 Å². The van der Waals surface area contributed by atoms with Crippen molar-refractivity contribution in [3.8, 4) is 0 Å². The van der Waals surface area contributed by atoms with Crippen LogP contribution in [-0.2, 0) is 14.3 Å². The second-order valence-electron chi connectivity index (χ2n) is 7.11. The molecule has 3 rings (SSSR count). The molecule has 2 N–H and O–H groups in total. The number of hydrogen-bond donors (Lipinski definition) is 1. The average molecular weight is 332 g/mol. The van der Waals surface area contributed by atoms with Gasteiger partial charge in [0.05, 0.1) is 0 Å². The lowest BCUT2D eigenvalue weighted by Crippen LogP contribution is -2.37. The van der Waals surface area contributed by atoms with E-state index >= 15 is 0 Å². The van der Waals surface area contributed by atoms with Crippen molar-refractivity contribution in [3.05, 3.63) is 35.3 Å². The minimum atomic E-state index is -0.487. The van der Waals surface area contributed by atoms with E-state index < -0.39 is 6.23 Å². The topological polar surface area (TPSA) is 66.1 Å². The maximum Gasteiger partial charge on any atom is 0.230 e. The van der Waals surface area contributed by atoms with Gasteiger partial charge < -0.3 is 14.3 Å². The number of allylic oxidation sites excluding steroid dienone is 4. The van der Waals surface area contributed by atoms with Crippen LogP contribution in [0.15, 0.2) is 40.5 Å². The number of rotatable bonds is 6. The van der Waals surface area contributed by atoms with E-state index in [-0.39, 0.29) is 5.92 Å².